The molecule has 0 atom stereocenters. The lowest BCUT2D eigenvalue weighted by Gasteiger charge is -2.09. The van der Waals surface area contributed by atoms with Crippen molar-refractivity contribution in [2.45, 2.75) is 0 Å². The Bertz CT molecular complexity index is 679. The summed E-state index contributed by atoms with van der Waals surface area (Å²) in [5.74, 6) is -0.409. The van der Waals surface area contributed by atoms with Crippen LogP contribution in [0.2, 0.25) is 5.02 Å². The average Bonchev–Trinajstić information content (AvgIpc) is 2.48. The monoisotopic (exact) mass is 309 g/mol. The Morgan fingerprint density at radius 3 is 2.76 bits per heavy atom. The molecule has 1 aromatic carbocycles. The third-order valence-corrected chi connectivity index (χ3v) is 3.07. The lowest BCUT2D eigenvalue weighted by Crippen LogP contribution is -2.13. The fourth-order valence-electron chi connectivity index (χ4n) is 1.69. The number of pyridine rings is 1. The van der Waals surface area contributed by atoms with Crippen molar-refractivity contribution in [3.8, 4) is 5.75 Å². The van der Waals surface area contributed by atoms with Crippen molar-refractivity contribution in [2.24, 2.45) is 0 Å². The first-order valence-electron chi connectivity index (χ1n) is 6.03. The Hall–Kier alpha value is -2.34. The summed E-state index contributed by atoms with van der Waals surface area (Å²) in [4.78, 5) is 16.1. The Balaban J connectivity index is 2.23. The number of hydrogen-bond acceptors (Lipinski definition) is 4. The predicted octanol–water partition coefficient (Wildman–Crippen LogP) is 3.18. The summed E-state index contributed by atoms with van der Waals surface area (Å²) in [6, 6.07) is 5.65. The number of carbonyl (C=O) groups is 1. The van der Waals surface area contributed by atoms with Gasteiger partial charge in [-0.15, -0.1) is 0 Å². The maximum atomic E-state index is 13.6. The molecule has 1 amide bonds. The Morgan fingerprint density at radius 1 is 1.38 bits per heavy atom. The number of halogens is 2. The summed E-state index contributed by atoms with van der Waals surface area (Å²) >= 11 is 5.95. The molecule has 0 spiro atoms. The molecule has 2 rings (SSSR count). The first-order valence-corrected chi connectivity index (χ1v) is 6.41. The average molecular weight is 310 g/mol. The zero-order chi connectivity index (χ0) is 15.4. The topological polar surface area (TPSA) is 63.2 Å². The first kappa shape index (κ1) is 15.1. The maximum absolute atomic E-state index is 13.6. The highest BCUT2D eigenvalue weighted by Crippen LogP contribution is 2.23. The molecule has 0 aliphatic heterocycles. The van der Waals surface area contributed by atoms with Gasteiger partial charge in [-0.2, -0.15) is 0 Å². The van der Waals surface area contributed by atoms with Crippen LogP contribution in [-0.4, -0.2) is 25.0 Å². The number of anilines is 2. The highest BCUT2D eigenvalue weighted by molar-refractivity contribution is 6.34. The molecular formula is C14H13ClFN3O2. The molecule has 7 heteroatoms. The van der Waals surface area contributed by atoms with Crippen LogP contribution in [0.15, 0.2) is 30.5 Å². The van der Waals surface area contributed by atoms with Gasteiger partial charge in [-0.25, -0.2) is 9.37 Å². The van der Waals surface area contributed by atoms with E-state index in [4.69, 9.17) is 16.3 Å². The molecule has 2 aromatic rings. The van der Waals surface area contributed by atoms with E-state index >= 15 is 0 Å². The normalized spacial score (nSPS) is 10.1. The van der Waals surface area contributed by atoms with E-state index in [2.05, 4.69) is 15.6 Å². The highest BCUT2D eigenvalue weighted by Gasteiger charge is 2.13. The smallest absolute Gasteiger partial charge is 0.257 e. The summed E-state index contributed by atoms with van der Waals surface area (Å²) in [5, 5.41) is 5.59. The molecule has 1 heterocycles. The van der Waals surface area contributed by atoms with Crippen LogP contribution in [0.25, 0.3) is 0 Å². The molecule has 0 aliphatic carbocycles. The van der Waals surface area contributed by atoms with E-state index in [1.165, 1.54) is 37.6 Å². The van der Waals surface area contributed by atoms with Crippen molar-refractivity contribution in [3.05, 3.63) is 46.9 Å². The van der Waals surface area contributed by atoms with E-state index in [-0.39, 0.29) is 16.3 Å². The van der Waals surface area contributed by atoms with Crippen LogP contribution in [0.1, 0.15) is 10.4 Å². The summed E-state index contributed by atoms with van der Waals surface area (Å²) in [6.07, 6.45) is 1.37. The number of carbonyl (C=O) groups excluding carboxylic acids is 1. The molecule has 0 radical (unpaired) electrons. The maximum Gasteiger partial charge on any atom is 0.257 e. The number of amides is 1. The standard InChI is InChI=1S/C14H13ClFN3O2/c1-17-13-6-9(10(15)7-18-13)14(20)19-8-3-4-12(21-2)11(16)5-8/h3-7H,1-2H3,(H,17,18)(H,19,20). The molecule has 21 heavy (non-hydrogen) atoms. The molecule has 0 saturated carbocycles. The van der Waals surface area contributed by atoms with Gasteiger partial charge in [-0.05, 0) is 18.2 Å². The summed E-state index contributed by atoms with van der Waals surface area (Å²) in [6.45, 7) is 0. The quantitative estimate of drug-likeness (QED) is 0.910. The van der Waals surface area contributed by atoms with Crippen LogP contribution in [0.4, 0.5) is 15.9 Å². The van der Waals surface area contributed by atoms with Crippen LogP contribution in [0.3, 0.4) is 0 Å². The molecule has 2 N–H and O–H groups in total. The van der Waals surface area contributed by atoms with Crippen molar-refractivity contribution in [2.75, 3.05) is 24.8 Å². The van der Waals surface area contributed by atoms with Gasteiger partial charge in [0.2, 0.25) is 0 Å². The van der Waals surface area contributed by atoms with E-state index in [9.17, 15) is 9.18 Å². The fraction of sp³-hybridized carbons (Fsp3) is 0.143. The second-order valence-electron chi connectivity index (χ2n) is 4.10. The van der Waals surface area contributed by atoms with Crippen molar-refractivity contribution in [1.29, 1.82) is 0 Å². The SMILES string of the molecule is CNc1cc(C(=O)Nc2ccc(OC)c(F)c2)c(Cl)cn1. The fourth-order valence-corrected chi connectivity index (χ4v) is 1.88. The molecule has 0 bridgehead atoms. The number of methoxy groups -OCH3 is 1. The summed E-state index contributed by atoms with van der Waals surface area (Å²) in [5.41, 5.74) is 0.546. The van der Waals surface area contributed by atoms with E-state index < -0.39 is 11.7 Å². The minimum Gasteiger partial charge on any atom is -0.494 e. The van der Waals surface area contributed by atoms with Crippen LogP contribution >= 0.6 is 11.6 Å². The first-order chi connectivity index (χ1) is 10.0. The van der Waals surface area contributed by atoms with Crippen LogP contribution < -0.4 is 15.4 Å². The van der Waals surface area contributed by atoms with Gasteiger partial charge in [0.05, 0.1) is 17.7 Å². The summed E-state index contributed by atoms with van der Waals surface area (Å²) in [7, 11) is 3.05. The van der Waals surface area contributed by atoms with Crippen molar-refractivity contribution < 1.29 is 13.9 Å². The number of rotatable bonds is 4. The van der Waals surface area contributed by atoms with Crippen LogP contribution in [0.5, 0.6) is 5.75 Å². The molecule has 0 saturated heterocycles. The number of hydrogen-bond donors (Lipinski definition) is 2. The van der Waals surface area contributed by atoms with Gasteiger partial charge in [0, 0.05) is 25.0 Å². The molecule has 0 unspecified atom stereocenters. The van der Waals surface area contributed by atoms with Gasteiger partial charge in [0.15, 0.2) is 11.6 Å². The minimum absolute atomic E-state index is 0.104. The molecule has 5 nitrogen and oxygen atoms in total. The third kappa shape index (κ3) is 3.41. The highest BCUT2D eigenvalue weighted by atomic mass is 35.5. The molecular weight excluding hydrogens is 297 g/mol. The van der Waals surface area contributed by atoms with Gasteiger partial charge in [0.1, 0.15) is 5.82 Å². The van der Waals surface area contributed by atoms with Gasteiger partial charge < -0.3 is 15.4 Å². The number of aromatic nitrogens is 1. The lowest BCUT2D eigenvalue weighted by atomic mass is 10.2. The number of ether oxygens (including phenoxy) is 1. The van der Waals surface area contributed by atoms with E-state index in [0.29, 0.717) is 11.5 Å². The Kier molecular flexibility index (Phi) is 4.59. The Morgan fingerprint density at radius 2 is 2.14 bits per heavy atom. The predicted molar refractivity (Wildman–Crippen MR) is 79.7 cm³/mol. The second-order valence-corrected chi connectivity index (χ2v) is 4.51. The molecule has 1 aromatic heterocycles. The number of nitrogens with one attached hydrogen (secondary N) is 2. The van der Waals surface area contributed by atoms with Crippen molar-refractivity contribution in [1.82, 2.24) is 4.98 Å². The number of benzene rings is 1. The van der Waals surface area contributed by atoms with E-state index in [0.717, 1.165) is 0 Å². The van der Waals surface area contributed by atoms with Crippen molar-refractivity contribution in [3.63, 3.8) is 0 Å². The molecule has 0 aliphatic rings. The zero-order valence-corrected chi connectivity index (χ0v) is 12.2. The molecule has 0 fully saturated rings. The van der Waals surface area contributed by atoms with Gasteiger partial charge in [-0.1, -0.05) is 11.6 Å². The molecule has 110 valence electrons. The van der Waals surface area contributed by atoms with Crippen molar-refractivity contribution >= 4 is 29.0 Å². The third-order valence-electron chi connectivity index (χ3n) is 2.77. The second kappa shape index (κ2) is 6.41. The Labute approximate surface area is 126 Å². The van der Waals surface area contributed by atoms with Gasteiger partial charge in [0.25, 0.3) is 5.91 Å². The minimum atomic E-state index is -0.563. The van der Waals surface area contributed by atoms with E-state index in [1.807, 2.05) is 0 Å². The van der Waals surface area contributed by atoms with Crippen LogP contribution in [-0.2, 0) is 0 Å². The van der Waals surface area contributed by atoms with Gasteiger partial charge >= 0.3 is 0 Å². The summed E-state index contributed by atoms with van der Waals surface area (Å²) < 4.78 is 18.4. The zero-order valence-electron chi connectivity index (χ0n) is 11.4. The van der Waals surface area contributed by atoms with Gasteiger partial charge in [-0.3, -0.25) is 4.79 Å². The lowest BCUT2D eigenvalue weighted by molar-refractivity contribution is 0.102. The largest absolute Gasteiger partial charge is 0.494 e. The van der Waals surface area contributed by atoms with Crippen LogP contribution in [0, 0.1) is 5.82 Å². The van der Waals surface area contributed by atoms with E-state index in [1.54, 1.807) is 7.05 Å². The number of nitrogens with zero attached hydrogens (tertiary/aromatic N) is 1.